The molecule has 0 bridgehead atoms. The van der Waals surface area contributed by atoms with E-state index in [0.29, 0.717) is 24.1 Å². The first-order chi connectivity index (χ1) is 11.1. The topological polar surface area (TPSA) is 90.4 Å². The molecule has 3 N–H and O–H groups in total. The van der Waals surface area contributed by atoms with Crippen molar-refractivity contribution in [2.45, 2.75) is 6.54 Å². The highest BCUT2D eigenvalue weighted by atomic mass is 35.5. The van der Waals surface area contributed by atoms with Gasteiger partial charge in [-0.2, -0.15) is 4.98 Å². The lowest BCUT2D eigenvalue weighted by Crippen LogP contribution is -2.31. The fourth-order valence-electron chi connectivity index (χ4n) is 2.03. The monoisotopic (exact) mass is 331 g/mol. The van der Waals surface area contributed by atoms with Crippen molar-refractivity contribution in [2.24, 2.45) is 0 Å². The van der Waals surface area contributed by atoms with Gasteiger partial charge in [-0.25, -0.2) is 4.98 Å². The van der Waals surface area contributed by atoms with E-state index in [1.807, 2.05) is 18.2 Å². The van der Waals surface area contributed by atoms with E-state index in [0.717, 1.165) is 5.56 Å². The van der Waals surface area contributed by atoms with Crippen LogP contribution in [0, 0.1) is 0 Å². The van der Waals surface area contributed by atoms with Gasteiger partial charge in [0.2, 0.25) is 11.8 Å². The van der Waals surface area contributed by atoms with Gasteiger partial charge in [0.15, 0.2) is 0 Å². The van der Waals surface area contributed by atoms with Gasteiger partial charge in [-0.1, -0.05) is 23.7 Å². The molecular weight excluding hydrogens is 318 g/mol. The lowest BCUT2D eigenvalue weighted by Gasteiger charge is -2.16. The smallest absolute Gasteiger partial charge is 0.258 e. The van der Waals surface area contributed by atoms with Crippen LogP contribution in [0.1, 0.15) is 15.9 Å². The lowest BCUT2D eigenvalue weighted by molar-refractivity contribution is 0.0947. The average molecular weight is 332 g/mol. The van der Waals surface area contributed by atoms with Gasteiger partial charge in [0, 0.05) is 24.0 Å². The van der Waals surface area contributed by atoms with Gasteiger partial charge in [-0.15, -0.1) is 0 Å². The van der Waals surface area contributed by atoms with Crippen LogP contribution in [0.4, 0.5) is 5.95 Å². The van der Waals surface area contributed by atoms with Crippen molar-refractivity contribution in [2.75, 3.05) is 11.6 Å². The predicted octanol–water partition coefficient (Wildman–Crippen LogP) is 1.60. The summed E-state index contributed by atoms with van der Waals surface area (Å²) in [7, 11) is 0. The minimum absolute atomic E-state index is 0.0230. The van der Waals surface area contributed by atoms with Crippen molar-refractivity contribution < 1.29 is 9.90 Å². The third-order valence-corrected chi connectivity index (χ3v) is 3.50. The molecule has 0 saturated carbocycles. The molecule has 1 aromatic heterocycles. The molecule has 1 amide bonds. The summed E-state index contributed by atoms with van der Waals surface area (Å²) >= 11 is 5.81. The van der Waals surface area contributed by atoms with Gasteiger partial charge in [-0.3, -0.25) is 9.80 Å². The Labute approximate surface area is 137 Å². The zero-order valence-electron chi connectivity index (χ0n) is 12.0. The molecule has 0 unspecified atom stereocenters. The number of halogens is 1. The van der Waals surface area contributed by atoms with Crippen molar-refractivity contribution in [1.29, 1.82) is 0 Å². The number of amides is 1. The second-order valence-corrected chi connectivity index (χ2v) is 5.29. The third kappa shape index (κ3) is 3.51. The van der Waals surface area contributed by atoms with Crippen LogP contribution in [-0.4, -0.2) is 27.5 Å². The molecule has 0 aliphatic carbocycles. The Bertz CT molecular complexity index is 740. The number of anilines is 1. The number of carbonyl (C=O) groups excluding carboxylic acids is 1. The molecule has 23 heavy (non-hydrogen) atoms. The van der Waals surface area contributed by atoms with E-state index >= 15 is 0 Å². The normalized spacial score (nSPS) is 13.0. The molecule has 0 spiro atoms. The highest BCUT2D eigenvalue weighted by Gasteiger charge is 2.17. The van der Waals surface area contributed by atoms with Crippen molar-refractivity contribution in [3.8, 4) is 5.88 Å². The van der Waals surface area contributed by atoms with E-state index in [2.05, 4.69) is 20.7 Å². The number of carbonyl (C=O) groups is 1. The largest absolute Gasteiger partial charge is 0.493 e. The van der Waals surface area contributed by atoms with Gasteiger partial charge in [0.1, 0.15) is 5.56 Å². The summed E-state index contributed by atoms with van der Waals surface area (Å²) in [6.07, 6.45) is 4.93. The van der Waals surface area contributed by atoms with Crippen LogP contribution in [0.15, 0.2) is 42.7 Å². The summed E-state index contributed by atoms with van der Waals surface area (Å²) in [6, 6.07) is 7.12. The maximum Gasteiger partial charge on any atom is 0.258 e. The number of aromatic hydroxyl groups is 1. The quantitative estimate of drug-likeness (QED) is 0.788. The van der Waals surface area contributed by atoms with Crippen molar-refractivity contribution in [3.63, 3.8) is 0 Å². The molecule has 2 heterocycles. The Kier molecular flexibility index (Phi) is 4.29. The highest BCUT2D eigenvalue weighted by molar-refractivity contribution is 6.30. The van der Waals surface area contributed by atoms with E-state index in [1.54, 1.807) is 23.3 Å². The Balaban J connectivity index is 1.66. The number of hydrogen-bond donors (Lipinski definition) is 3. The second kappa shape index (κ2) is 6.53. The molecule has 3 rings (SSSR count). The van der Waals surface area contributed by atoms with Gasteiger partial charge in [-0.05, 0) is 23.8 Å². The third-order valence-electron chi connectivity index (χ3n) is 3.24. The minimum atomic E-state index is -0.448. The van der Waals surface area contributed by atoms with Gasteiger partial charge < -0.3 is 15.8 Å². The zero-order valence-corrected chi connectivity index (χ0v) is 12.8. The van der Waals surface area contributed by atoms with Crippen LogP contribution in [0.5, 0.6) is 5.88 Å². The highest BCUT2D eigenvalue weighted by Crippen LogP contribution is 2.17. The van der Waals surface area contributed by atoms with E-state index in [9.17, 15) is 9.90 Å². The average Bonchev–Trinajstić information content (AvgIpc) is 3.08. The molecular formula is C15H14ClN5O2. The number of rotatable bonds is 4. The summed E-state index contributed by atoms with van der Waals surface area (Å²) in [5.41, 5.74) is 3.82. The first kappa shape index (κ1) is 15.1. The van der Waals surface area contributed by atoms with Gasteiger partial charge in [0.05, 0.1) is 6.54 Å². The number of nitrogens with zero attached hydrogens (tertiary/aromatic N) is 3. The Morgan fingerprint density at radius 1 is 1.39 bits per heavy atom. The summed E-state index contributed by atoms with van der Waals surface area (Å²) in [5, 5.41) is 14.9. The number of benzene rings is 1. The Morgan fingerprint density at radius 3 is 2.83 bits per heavy atom. The molecule has 0 radical (unpaired) electrons. The maximum absolute atomic E-state index is 12.1. The lowest BCUT2D eigenvalue weighted by atomic mass is 10.2. The Morgan fingerprint density at radius 2 is 2.17 bits per heavy atom. The van der Waals surface area contributed by atoms with Crippen LogP contribution >= 0.6 is 11.6 Å². The first-order valence-electron chi connectivity index (χ1n) is 6.91. The molecule has 0 fully saturated rings. The zero-order chi connectivity index (χ0) is 16.2. The fourth-order valence-corrected chi connectivity index (χ4v) is 2.15. The Hall–Kier alpha value is -2.80. The van der Waals surface area contributed by atoms with Crippen LogP contribution in [0.25, 0.3) is 0 Å². The minimum Gasteiger partial charge on any atom is -0.493 e. The van der Waals surface area contributed by atoms with Crippen LogP contribution in [0.3, 0.4) is 0 Å². The number of nitrogens with one attached hydrogen (secondary N) is 2. The molecule has 1 aliphatic rings. The molecule has 1 aliphatic heterocycles. The van der Waals surface area contributed by atoms with Gasteiger partial charge in [0.25, 0.3) is 5.91 Å². The molecule has 0 saturated heterocycles. The van der Waals surface area contributed by atoms with E-state index in [1.165, 1.54) is 6.20 Å². The molecule has 118 valence electrons. The van der Waals surface area contributed by atoms with Crippen molar-refractivity contribution in [3.05, 3.63) is 58.9 Å². The fraction of sp³-hybridized carbons (Fsp3) is 0.133. The van der Waals surface area contributed by atoms with E-state index in [4.69, 9.17) is 11.6 Å². The number of hydrogen-bond acceptors (Lipinski definition) is 6. The summed E-state index contributed by atoms with van der Waals surface area (Å²) < 4.78 is 0. The summed E-state index contributed by atoms with van der Waals surface area (Å²) in [6.45, 7) is 0.899. The molecule has 1 aromatic carbocycles. The number of hydrazine groups is 1. The standard InChI is InChI=1S/C15H14ClN5O2/c16-11-4-2-10(3-5-11)8-17-13(22)12-9-18-15(20-14(12)23)21-7-1-6-19-21/h1-6,9,19H,7-8H2,(H,17,22)(H,18,20,23). The van der Waals surface area contributed by atoms with E-state index in [-0.39, 0.29) is 11.4 Å². The SMILES string of the molecule is O=C(NCc1ccc(Cl)cc1)c1cnc(N2CC=CN2)nc1O. The predicted molar refractivity (Wildman–Crippen MR) is 85.9 cm³/mol. The maximum atomic E-state index is 12.1. The summed E-state index contributed by atoms with van der Waals surface area (Å²) in [4.78, 5) is 20.1. The molecule has 7 nitrogen and oxygen atoms in total. The van der Waals surface area contributed by atoms with Crippen molar-refractivity contribution >= 4 is 23.5 Å². The number of aromatic nitrogens is 2. The summed E-state index contributed by atoms with van der Waals surface area (Å²) in [5.74, 6) is -0.518. The molecule has 0 atom stereocenters. The van der Waals surface area contributed by atoms with Crippen LogP contribution in [0.2, 0.25) is 5.02 Å². The molecule has 2 aromatic rings. The van der Waals surface area contributed by atoms with Crippen molar-refractivity contribution in [1.82, 2.24) is 20.7 Å². The van der Waals surface area contributed by atoms with Crippen LogP contribution in [-0.2, 0) is 6.54 Å². The first-order valence-corrected chi connectivity index (χ1v) is 7.28. The van der Waals surface area contributed by atoms with Crippen LogP contribution < -0.4 is 15.8 Å². The molecule has 8 heteroatoms. The van der Waals surface area contributed by atoms with E-state index < -0.39 is 5.91 Å². The second-order valence-electron chi connectivity index (χ2n) is 4.86. The van der Waals surface area contributed by atoms with Gasteiger partial charge >= 0.3 is 0 Å².